The molecule has 2 amide bonds. The average molecular weight is 361 g/mol. The number of hydrogen-bond acceptors (Lipinski definition) is 3. The molecule has 1 heterocycles. The van der Waals surface area contributed by atoms with Crippen LogP contribution in [0.25, 0.3) is 10.8 Å². The molecule has 0 saturated carbocycles. The van der Waals surface area contributed by atoms with Crippen molar-refractivity contribution in [2.75, 3.05) is 20.8 Å². The molecule has 1 N–H and O–H groups in total. The molecule has 0 aromatic heterocycles. The number of ether oxygens (including phenoxy) is 1. The zero-order valence-electron chi connectivity index (χ0n) is 15.4. The SMILES string of the molecule is COc1ccc2cc(C[NH+](C)CN3C(=O)c4ccccc4C3=O)ccc2c1. The summed E-state index contributed by atoms with van der Waals surface area (Å²) in [6.07, 6.45) is 0. The van der Waals surface area contributed by atoms with Crippen molar-refractivity contribution in [3.05, 3.63) is 77.4 Å². The van der Waals surface area contributed by atoms with Crippen molar-refractivity contribution in [3.63, 3.8) is 0 Å². The van der Waals surface area contributed by atoms with Gasteiger partial charge in [0.1, 0.15) is 12.3 Å². The van der Waals surface area contributed by atoms with E-state index in [0.717, 1.165) is 33.5 Å². The topological polar surface area (TPSA) is 51.1 Å². The summed E-state index contributed by atoms with van der Waals surface area (Å²) < 4.78 is 5.26. The van der Waals surface area contributed by atoms with Crippen molar-refractivity contribution < 1.29 is 19.2 Å². The number of rotatable bonds is 5. The highest BCUT2D eigenvalue weighted by Gasteiger charge is 2.36. The number of benzene rings is 3. The molecule has 1 unspecified atom stereocenters. The van der Waals surface area contributed by atoms with E-state index in [4.69, 9.17) is 4.74 Å². The van der Waals surface area contributed by atoms with E-state index in [1.54, 1.807) is 31.4 Å². The van der Waals surface area contributed by atoms with Gasteiger partial charge in [0.05, 0.1) is 25.3 Å². The summed E-state index contributed by atoms with van der Waals surface area (Å²) in [7, 11) is 3.65. The number of carbonyl (C=O) groups is 2. The van der Waals surface area contributed by atoms with Crippen molar-refractivity contribution in [1.29, 1.82) is 0 Å². The molecule has 0 aliphatic carbocycles. The molecule has 1 aliphatic heterocycles. The number of amides is 2. The molecule has 27 heavy (non-hydrogen) atoms. The predicted octanol–water partition coefficient (Wildman–Crippen LogP) is 2.12. The molecule has 0 bridgehead atoms. The van der Waals surface area contributed by atoms with Crippen LogP contribution in [0.15, 0.2) is 60.7 Å². The van der Waals surface area contributed by atoms with Gasteiger partial charge in [-0.05, 0) is 41.1 Å². The Morgan fingerprint density at radius 2 is 1.52 bits per heavy atom. The largest absolute Gasteiger partial charge is 0.497 e. The first kappa shape index (κ1) is 17.2. The summed E-state index contributed by atoms with van der Waals surface area (Å²) in [5.74, 6) is 0.421. The van der Waals surface area contributed by atoms with Gasteiger partial charge in [-0.25, -0.2) is 4.90 Å². The third kappa shape index (κ3) is 3.17. The minimum Gasteiger partial charge on any atom is -0.497 e. The number of carbonyl (C=O) groups excluding carboxylic acids is 2. The molecule has 136 valence electrons. The number of methoxy groups -OCH3 is 1. The Bertz CT molecular complexity index is 1010. The van der Waals surface area contributed by atoms with E-state index in [1.165, 1.54) is 4.90 Å². The Morgan fingerprint density at radius 3 is 2.19 bits per heavy atom. The second kappa shape index (κ2) is 6.85. The molecule has 3 aromatic rings. The van der Waals surface area contributed by atoms with Gasteiger partial charge in [-0.1, -0.05) is 30.3 Å². The standard InChI is InChI=1S/C22H20N2O3/c1-23(14-24-21(25)19-5-3-4-6-20(19)22(24)26)13-15-7-8-17-12-18(27-2)10-9-16(17)11-15/h3-12H,13-14H2,1-2H3/p+1. The van der Waals surface area contributed by atoms with Gasteiger partial charge < -0.3 is 9.64 Å². The first-order valence-corrected chi connectivity index (χ1v) is 8.90. The van der Waals surface area contributed by atoms with Crippen LogP contribution in [0, 0.1) is 0 Å². The minimum atomic E-state index is -0.208. The lowest BCUT2D eigenvalue weighted by Gasteiger charge is -2.20. The second-order valence-electron chi connectivity index (χ2n) is 6.92. The van der Waals surface area contributed by atoms with Crippen molar-refractivity contribution >= 4 is 22.6 Å². The monoisotopic (exact) mass is 361 g/mol. The van der Waals surface area contributed by atoms with Gasteiger partial charge in [-0.15, -0.1) is 0 Å². The number of hydrogen-bond donors (Lipinski definition) is 1. The highest BCUT2D eigenvalue weighted by Crippen LogP contribution is 2.22. The lowest BCUT2D eigenvalue weighted by molar-refractivity contribution is -0.901. The molecule has 4 rings (SSSR count). The van der Waals surface area contributed by atoms with E-state index in [1.807, 2.05) is 25.2 Å². The molecule has 0 fully saturated rings. The number of imide groups is 1. The summed E-state index contributed by atoms with van der Waals surface area (Å²) in [5, 5.41) is 2.26. The van der Waals surface area contributed by atoms with Gasteiger partial charge in [0, 0.05) is 5.56 Å². The maximum Gasteiger partial charge on any atom is 0.265 e. The van der Waals surface area contributed by atoms with Crippen molar-refractivity contribution in [2.24, 2.45) is 0 Å². The van der Waals surface area contributed by atoms with Crippen LogP contribution in [0.5, 0.6) is 5.75 Å². The van der Waals surface area contributed by atoms with Gasteiger partial charge in [-0.3, -0.25) is 9.59 Å². The zero-order valence-corrected chi connectivity index (χ0v) is 15.4. The maximum absolute atomic E-state index is 12.5. The maximum atomic E-state index is 12.5. The highest BCUT2D eigenvalue weighted by molar-refractivity contribution is 6.21. The fraction of sp³-hybridized carbons (Fsp3) is 0.182. The van der Waals surface area contributed by atoms with Crippen LogP contribution in [0.3, 0.4) is 0 Å². The van der Waals surface area contributed by atoms with Crippen LogP contribution in [0.2, 0.25) is 0 Å². The number of quaternary nitrogens is 1. The quantitative estimate of drug-likeness (QED) is 0.708. The number of fused-ring (bicyclic) bond motifs is 2. The Kier molecular flexibility index (Phi) is 4.38. The van der Waals surface area contributed by atoms with Crippen LogP contribution in [-0.4, -0.2) is 37.5 Å². The van der Waals surface area contributed by atoms with Crippen LogP contribution in [0.4, 0.5) is 0 Å². The second-order valence-corrected chi connectivity index (χ2v) is 6.92. The minimum absolute atomic E-state index is 0.208. The number of nitrogens with zero attached hydrogens (tertiary/aromatic N) is 1. The first-order valence-electron chi connectivity index (χ1n) is 8.90. The summed E-state index contributed by atoms with van der Waals surface area (Å²) in [5.41, 5.74) is 2.15. The third-order valence-corrected chi connectivity index (χ3v) is 4.92. The van der Waals surface area contributed by atoms with Crippen LogP contribution in [0.1, 0.15) is 26.3 Å². The average Bonchev–Trinajstić information content (AvgIpc) is 2.92. The van der Waals surface area contributed by atoms with Crippen LogP contribution < -0.4 is 9.64 Å². The number of nitrogens with one attached hydrogen (secondary N) is 1. The molecule has 5 heteroatoms. The summed E-state index contributed by atoms with van der Waals surface area (Å²) in [4.78, 5) is 27.4. The third-order valence-electron chi connectivity index (χ3n) is 4.92. The van der Waals surface area contributed by atoms with E-state index in [9.17, 15) is 9.59 Å². The van der Waals surface area contributed by atoms with Gasteiger partial charge in [0.25, 0.3) is 11.8 Å². The Morgan fingerprint density at radius 1 is 0.889 bits per heavy atom. The van der Waals surface area contributed by atoms with E-state index in [2.05, 4.69) is 18.2 Å². The lowest BCUT2D eigenvalue weighted by Crippen LogP contribution is -3.09. The summed E-state index contributed by atoms with van der Waals surface area (Å²) in [6.45, 7) is 1.06. The van der Waals surface area contributed by atoms with Gasteiger partial charge >= 0.3 is 0 Å². The molecule has 1 atom stereocenters. The lowest BCUT2D eigenvalue weighted by atomic mass is 10.1. The molecular weight excluding hydrogens is 340 g/mol. The molecule has 0 spiro atoms. The van der Waals surface area contributed by atoms with Crippen molar-refractivity contribution in [2.45, 2.75) is 6.54 Å². The molecule has 1 aliphatic rings. The zero-order chi connectivity index (χ0) is 19.0. The van der Waals surface area contributed by atoms with E-state index in [-0.39, 0.29) is 11.8 Å². The normalized spacial score (nSPS) is 14.5. The van der Waals surface area contributed by atoms with Gasteiger partial charge in [-0.2, -0.15) is 0 Å². The van der Waals surface area contributed by atoms with Crippen LogP contribution in [-0.2, 0) is 6.54 Å². The van der Waals surface area contributed by atoms with E-state index in [0.29, 0.717) is 17.8 Å². The Labute approximate surface area is 157 Å². The van der Waals surface area contributed by atoms with Crippen LogP contribution >= 0.6 is 0 Å². The van der Waals surface area contributed by atoms with Crippen molar-refractivity contribution in [1.82, 2.24) is 4.90 Å². The van der Waals surface area contributed by atoms with E-state index >= 15 is 0 Å². The highest BCUT2D eigenvalue weighted by atomic mass is 16.5. The fourth-order valence-electron chi connectivity index (χ4n) is 3.57. The van der Waals surface area contributed by atoms with Gasteiger partial charge in [0.15, 0.2) is 6.67 Å². The summed E-state index contributed by atoms with van der Waals surface area (Å²) >= 11 is 0. The fourth-order valence-corrected chi connectivity index (χ4v) is 3.57. The molecule has 0 radical (unpaired) electrons. The van der Waals surface area contributed by atoms with Crippen molar-refractivity contribution in [3.8, 4) is 5.75 Å². The molecule has 0 saturated heterocycles. The molecular formula is C22H21N2O3+. The van der Waals surface area contributed by atoms with E-state index < -0.39 is 0 Å². The smallest absolute Gasteiger partial charge is 0.265 e. The predicted molar refractivity (Wildman–Crippen MR) is 103 cm³/mol. The first-order chi connectivity index (χ1) is 13.1. The molecule has 5 nitrogen and oxygen atoms in total. The Hall–Kier alpha value is -3.18. The molecule has 3 aromatic carbocycles. The summed E-state index contributed by atoms with van der Waals surface area (Å²) in [6, 6.07) is 19.3. The van der Waals surface area contributed by atoms with Gasteiger partial charge in [0.2, 0.25) is 0 Å². The Balaban J connectivity index is 1.48.